The van der Waals surface area contributed by atoms with Gasteiger partial charge in [-0.05, 0) is 19.3 Å². The number of unbranched alkanes of at least 4 members (excludes halogenated alkanes) is 1. The Bertz CT molecular complexity index is 742. The molecule has 1 aliphatic carbocycles. The van der Waals surface area contributed by atoms with Crippen LogP contribution in [0, 0.1) is 0 Å². The quantitative estimate of drug-likeness (QED) is 0.388. The van der Waals surface area contributed by atoms with E-state index in [1.807, 2.05) is 6.92 Å². The van der Waals surface area contributed by atoms with Gasteiger partial charge < -0.3 is 30.0 Å². The second kappa shape index (κ2) is 11.8. The summed E-state index contributed by atoms with van der Waals surface area (Å²) in [5.41, 5.74) is -0.318. The standard InChI is InChI=1S/C22H35N5O5/c1-2-3-11-32-19(28)18(14-17-15-23-16-24-17)25-20(29)22(7-5-4-6-8-22)26-21(30)27-9-12-31-13-10-27/h15-16,18H,2-14H2,1H3,(H,23,24)(H,25,29)(H,26,30). The Hall–Kier alpha value is -2.62. The van der Waals surface area contributed by atoms with Crippen molar-refractivity contribution in [1.29, 1.82) is 0 Å². The van der Waals surface area contributed by atoms with Crippen molar-refractivity contribution in [3.63, 3.8) is 0 Å². The third-order valence-corrected chi connectivity index (χ3v) is 6.10. The summed E-state index contributed by atoms with van der Waals surface area (Å²) in [7, 11) is 0. The lowest BCUT2D eigenvalue weighted by Gasteiger charge is -2.39. The van der Waals surface area contributed by atoms with Gasteiger partial charge in [0, 0.05) is 31.4 Å². The molecule has 2 fully saturated rings. The third kappa shape index (κ3) is 6.44. The molecule has 0 radical (unpaired) electrons. The molecule has 1 saturated heterocycles. The summed E-state index contributed by atoms with van der Waals surface area (Å²) in [5.74, 6) is -0.817. The number of aromatic nitrogens is 2. The van der Waals surface area contributed by atoms with Gasteiger partial charge in [-0.1, -0.05) is 32.6 Å². The molecule has 1 aromatic rings. The van der Waals surface area contributed by atoms with Gasteiger partial charge in [-0.15, -0.1) is 0 Å². The van der Waals surface area contributed by atoms with Gasteiger partial charge in [0.25, 0.3) is 0 Å². The van der Waals surface area contributed by atoms with Gasteiger partial charge in [0.2, 0.25) is 5.91 Å². The fraction of sp³-hybridized carbons (Fsp3) is 0.727. The minimum Gasteiger partial charge on any atom is -0.464 e. The van der Waals surface area contributed by atoms with E-state index in [0.717, 1.165) is 37.8 Å². The van der Waals surface area contributed by atoms with E-state index in [1.165, 1.54) is 6.33 Å². The molecule has 1 saturated carbocycles. The highest BCUT2D eigenvalue weighted by Gasteiger charge is 2.43. The van der Waals surface area contributed by atoms with E-state index in [-0.39, 0.29) is 18.4 Å². The lowest BCUT2D eigenvalue weighted by Crippen LogP contribution is -2.64. The predicted molar refractivity (Wildman–Crippen MR) is 117 cm³/mol. The van der Waals surface area contributed by atoms with Gasteiger partial charge in [-0.2, -0.15) is 0 Å². The van der Waals surface area contributed by atoms with Crippen molar-refractivity contribution >= 4 is 17.9 Å². The van der Waals surface area contributed by atoms with Gasteiger partial charge in [0.1, 0.15) is 11.6 Å². The highest BCUT2D eigenvalue weighted by molar-refractivity contribution is 5.94. The van der Waals surface area contributed by atoms with Crippen LogP contribution in [0.2, 0.25) is 0 Å². The smallest absolute Gasteiger partial charge is 0.329 e. The number of imidazole rings is 1. The van der Waals surface area contributed by atoms with Crippen molar-refractivity contribution in [3.8, 4) is 0 Å². The zero-order chi connectivity index (χ0) is 22.8. The molecule has 3 rings (SSSR count). The van der Waals surface area contributed by atoms with Crippen LogP contribution < -0.4 is 10.6 Å². The SMILES string of the molecule is CCCCOC(=O)C(Cc1cnc[nH]1)NC(=O)C1(NC(=O)N2CCOCC2)CCCCC1. The van der Waals surface area contributed by atoms with Crippen molar-refractivity contribution < 1.29 is 23.9 Å². The average Bonchev–Trinajstić information content (AvgIpc) is 3.33. The van der Waals surface area contributed by atoms with Crippen LogP contribution in [0.25, 0.3) is 0 Å². The molecule has 32 heavy (non-hydrogen) atoms. The van der Waals surface area contributed by atoms with Gasteiger partial charge in [0.15, 0.2) is 0 Å². The summed E-state index contributed by atoms with van der Waals surface area (Å²) >= 11 is 0. The summed E-state index contributed by atoms with van der Waals surface area (Å²) in [5, 5.41) is 5.89. The number of urea groups is 1. The minimum absolute atomic E-state index is 0.240. The van der Waals surface area contributed by atoms with Crippen molar-refractivity contribution in [1.82, 2.24) is 25.5 Å². The second-order valence-electron chi connectivity index (χ2n) is 8.50. The Labute approximate surface area is 188 Å². The number of rotatable bonds is 9. The summed E-state index contributed by atoms with van der Waals surface area (Å²) in [4.78, 5) is 47.8. The number of carbonyl (C=O) groups excluding carboxylic acids is 3. The molecule has 10 heteroatoms. The van der Waals surface area contributed by atoms with Crippen LogP contribution in [0.3, 0.4) is 0 Å². The van der Waals surface area contributed by atoms with Crippen molar-refractivity contribution in [2.24, 2.45) is 0 Å². The Kier molecular flexibility index (Phi) is 8.90. The molecule has 3 amide bonds. The number of morpholine rings is 1. The van der Waals surface area contributed by atoms with E-state index in [4.69, 9.17) is 9.47 Å². The number of hydrogen-bond acceptors (Lipinski definition) is 6. The maximum Gasteiger partial charge on any atom is 0.329 e. The maximum absolute atomic E-state index is 13.5. The van der Waals surface area contributed by atoms with Crippen molar-refractivity contribution in [3.05, 3.63) is 18.2 Å². The summed E-state index contributed by atoms with van der Waals surface area (Å²) in [6, 6.07) is -1.13. The number of nitrogens with zero attached hydrogens (tertiary/aromatic N) is 2. The molecular weight excluding hydrogens is 414 g/mol. The first-order valence-corrected chi connectivity index (χ1v) is 11.6. The van der Waals surface area contributed by atoms with Crippen LogP contribution in [0.4, 0.5) is 4.79 Å². The molecule has 1 unspecified atom stereocenters. The number of amides is 3. The lowest BCUT2D eigenvalue weighted by molar-refractivity contribution is -0.149. The normalized spacial score (nSPS) is 19.1. The van der Waals surface area contributed by atoms with E-state index in [1.54, 1.807) is 11.1 Å². The van der Waals surface area contributed by atoms with Crippen LogP contribution in [-0.2, 0) is 25.5 Å². The van der Waals surface area contributed by atoms with Crippen LogP contribution in [-0.4, -0.2) is 77.3 Å². The van der Waals surface area contributed by atoms with Gasteiger partial charge in [0.05, 0.1) is 26.1 Å². The van der Waals surface area contributed by atoms with Crippen molar-refractivity contribution in [2.45, 2.75) is 69.9 Å². The summed E-state index contributed by atoms with van der Waals surface area (Å²) in [6.45, 7) is 4.29. The van der Waals surface area contributed by atoms with Crippen LogP contribution in [0.5, 0.6) is 0 Å². The van der Waals surface area contributed by atoms with Crippen LogP contribution in [0.1, 0.15) is 57.6 Å². The Morgan fingerprint density at radius 3 is 2.66 bits per heavy atom. The number of esters is 1. The van der Waals surface area contributed by atoms with E-state index in [9.17, 15) is 14.4 Å². The fourth-order valence-corrected chi connectivity index (χ4v) is 4.14. The number of H-pyrrole nitrogens is 1. The molecule has 0 aromatic carbocycles. The number of aromatic amines is 1. The fourth-order valence-electron chi connectivity index (χ4n) is 4.14. The molecule has 10 nitrogen and oxygen atoms in total. The van der Waals surface area contributed by atoms with Crippen LogP contribution >= 0.6 is 0 Å². The number of ether oxygens (including phenoxy) is 2. The first kappa shape index (κ1) is 24.0. The minimum atomic E-state index is -1.04. The molecular formula is C22H35N5O5. The Balaban J connectivity index is 1.71. The van der Waals surface area contributed by atoms with E-state index in [0.29, 0.717) is 45.8 Å². The third-order valence-electron chi connectivity index (χ3n) is 6.10. The van der Waals surface area contributed by atoms with Gasteiger partial charge in [-0.3, -0.25) is 4.79 Å². The monoisotopic (exact) mass is 449 g/mol. The topological polar surface area (TPSA) is 126 Å². The molecule has 178 valence electrons. The molecule has 1 atom stereocenters. The molecule has 2 heterocycles. The Morgan fingerprint density at radius 2 is 2.00 bits per heavy atom. The zero-order valence-electron chi connectivity index (χ0n) is 18.9. The lowest BCUT2D eigenvalue weighted by atomic mass is 9.80. The number of hydrogen-bond donors (Lipinski definition) is 3. The van der Waals surface area contributed by atoms with Gasteiger partial charge >= 0.3 is 12.0 Å². The van der Waals surface area contributed by atoms with Crippen LogP contribution in [0.15, 0.2) is 12.5 Å². The van der Waals surface area contributed by atoms with Gasteiger partial charge in [-0.25, -0.2) is 14.6 Å². The number of carbonyl (C=O) groups is 3. The second-order valence-corrected chi connectivity index (χ2v) is 8.50. The highest BCUT2D eigenvalue weighted by Crippen LogP contribution is 2.29. The number of nitrogens with one attached hydrogen (secondary N) is 3. The Morgan fingerprint density at radius 1 is 1.25 bits per heavy atom. The first-order valence-electron chi connectivity index (χ1n) is 11.6. The molecule has 0 spiro atoms. The molecule has 1 aliphatic heterocycles. The average molecular weight is 450 g/mol. The largest absolute Gasteiger partial charge is 0.464 e. The van der Waals surface area contributed by atoms with E-state index in [2.05, 4.69) is 20.6 Å². The zero-order valence-corrected chi connectivity index (χ0v) is 18.9. The highest BCUT2D eigenvalue weighted by atomic mass is 16.5. The molecule has 3 N–H and O–H groups in total. The summed E-state index contributed by atoms with van der Waals surface area (Å²) < 4.78 is 10.7. The van der Waals surface area contributed by atoms with E-state index >= 15 is 0 Å². The summed E-state index contributed by atoms with van der Waals surface area (Å²) in [6.07, 6.45) is 8.82. The molecule has 2 aliphatic rings. The predicted octanol–water partition coefficient (Wildman–Crippen LogP) is 1.53. The molecule has 0 bridgehead atoms. The maximum atomic E-state index is 13.5. The molecule has 1 aromatic heterocycles. The van der Waals surface area contributed by atoms with E-state index < -0.39 is 17.6 Å². The first-order chi connectivity index (χ1) is 15.5. The van der Waals surface area contributed by atoms with Crippen molar-refractivity contribution in [2.75, 3.05) is 32.9 Å².